The third-order valence-electron chi connectivity index (χ3n) is 20.8. The molecule has 0 radical (unpaired) electrons. The zero-order valence-electron chi connectivity index (χ0n) is 46.2. The summed E-state index contributed by atoms with van der Waals surface area (Å²) in [6.45, 7) is 3.88. The Labute approximate surface area is 492 Å². The minimum atomic E-state index is -3.81. The van der Waals surface area contributed by atoms with E-state index in [9.17, 15) is 36.6 Å². The Kier molecular flexibility index (Phi) is 15.1. The molecule has 18 heteroatoms. The van der Waals surface area contributed by atoms with Crippen LogP contribution in [0.1, 0.15) is 120 Å². The van der Waals surface area contributed by atoms with Gasteiger partial charge in [0, 0.05) is 58.2 Å². The van der Waals surface area contributed by atoms with Crippen LogP contribution in [-0.4, -0.2) is 102 Å². The SMILES string of the molecule is O=C1NS(=O)(=O)C[C@@H]2CC[C@H]2/C=C/[C@H](O)[C@@H]2CC[C@H]2CN2C[C@@]3(CCCc4cc(Cl)ccc43)COc3ccc1cc32.O=C1NS(=O)(=O)C[C@H]2CC[C@@H]2/C=C/[C@H](O)[C@@H]2CC[C@H]2CN2C[C@@]3(CCCc4cc(Cl)ccc43)COc3ccc1cc32. The smallest absolute Gasteiger partial charge is 0.264 e. The Bertz CT molecular complexity index is 3240. The molecule has 12 atom stereocenters. The van der Waals surface area contributed by atoms with Gasteiger partial charge in [-0.2, -0.15) is 0 Å². The van der Waals surface area contributed by atoms with Crippen LogP contribution in [0.25, 0.3) is 0 Å². The van der Waals surface area contributed by atoms with Gasteiger partial charge >= 0.3 is 0 Å². The molecular weight excluding hydrogens is 1120 g/mol. The first-order valence-corrected chi connectivity index (χ1v) is 33.9. The molecule has 82 heavy (non-hydrogen) atoms. The third-order valence-corrected chi connectivity index (χ3v) is 24.0. The predicted molar refractivity (Wildman–Crippen MR) is 318 cm³/mol. The van der Waals surface area contributed by atoms with E-state index in [1.165, 1.54) is 22.3 Å². The van der Waals surface area contributed by atoms with Crippen LogP contribution in [0, 0.1) is 47.3 Å². The Morgan fingerprint density at radius 3 is 1.34 bits per heavy atom. The van der Waals surface area contributed by atoms with Gasteiger partial charge in [-0.15, -0.1) is 0 Å². The molecule has 0 unspecified atom stereocenters. The zero-order chi connectivity index (χ0) is 56.7. The average Bonchev–Trinajstić information content (AvgIpc) is 3.92. The Morgan fingerprint density at radius 1 is 0.524 bits per heavy atom. The third kappa shape index (κ3) is 11.0. The van der Waals surface area contributed by atoms with E-state index < -0.39 is 44.1 Å². The molecule has 10 aliphatic rings. The molecule has 2 spiro atoms. The van der Waals surface area contributed by atoms with Crippen molar-refractivity contribution >= 4 is 66.4 Å². The Hall–Kier alpha value is -5.10. The van der Waals surface area contributed by atoms with Crippen molar-refractivity contribution in [1.29, 1.82) is 0 Å². The lowest BCUT2D eigenvalue weighted by Crippen LogP contribution is -2.49. The lowest BCUT2D eigenvalue weighted by atomic mass is 9.68. The molecule has 4 aromatic carbocycles. The Morgan fingerprint density at radius 2 is 0.951 bits per heavy atom. The molecule has 0 aromatic heterocycles. The molecular formula is C64H74Cl2N4O10S2. The number of nitrogens with zero attached hydrogens (tertiary/aromatic N) is 2. The quantitative estimate of drug-likeness (QED) is 0.122. The number of amides is 2. The number of aliphatic hydroxyl groups excluding tert-OH is 2. The van der Waals surface area contributed by atoms with Gasteiger partial charge in [0.15, 0.2) is 0 Å². The fourth-order valence-electron chi connectivity index (χ4n) is 15.6. The summed E-state index contributed by atoms with van der Waals surface area (Å²) >= 11 is 12.8. The van der Waals surface area contributed by atoms with Crippen LogP contribution in [-0.2, 0) is 43.7 Å². The van der Waals surface area contributed by atoms with E-state index in [0.29, 0.717) is 60.8 Å². The molecule has 4 fully saturated rings. The minimum absolute atomic E-state index is 0.0470. The van der Waals surface area contributed by atoms with E-state index in [1.807, 2.05) is 36.4 Å². The van der Waals surface area contributed by atoms with Gasteiger partial charge in [-0.3, -0.25) is 9.59 Å². The summed E-state index contributed by atoms with van der Waals surface area (Å²) in [7, 11) is -7.63. The maximum absolute atomic E-state index is 13.3. The number of ether oxygens (including phenoxy) is 2. The molecule has 14 nitrogen and oxygen atoms in total. The summed E-state index contributed by atoms with van der Waals surface area (Å²) in [5, 5.41) is 23.8. The molecule has 4 saturated carbocycles. The van der Waals surface area contributed by atoms with Gasteiger partial charge in [0.2, 0.25) is 20.0 Å². The van der Waals surface area contributed by atoms with E-state index in [1.54, 1.807) is 36.4 Å². The van der Waals surface area contributed by atoms with Crippen molar-refractivity contribution in [2.45, 2.75) is 113 Å². The van der Waals surface area contributed by atoms with Crippen molar-refractivity contribution < 1.29 is 46.1 Å². The monoisotopic (exact) mass is 1190 g/mol. The number of anilines is 2. The minimum Gasteiger partial charge on any atom is -0.490 e. The van der Waals surface area contributed by atoms with Crippen LogP contribution in [0.15, 0.2) is 97.1 Å². The maximum atomic E-state index is 13.3. The van der Waals surface area contributed by atoms with Gasteiger partial charge in [-0.1, -0.05) is 59.6 Å². The maximum Gasteiger partial charge on any atom is 0.264 e. The molecule has 0 saturated heterocycles. The number of benzene rings is 4. The molecule has 436 valence electrons. The van der Waals surface area contributed by atoms with Crippen LogP contribution in [0.5, 0.6) is 11.5 Å². The van der Waals surface area contributed by atoms with Gasteiger partial charge in [0.05, 0.1) is 48.3 Å². The van der Waals surface area contributed by atoms with Crippen LogP contribution in [0.4, 0.5) is 11.4 Å². The second-order valence-corrected chi connectivity index (χ2v) is 30.2. The number of rotatable bonds is 0. The van der Waals surface area contributed by atoms with Crippen molar-refractivity contribution in [3.05, 3.63) is 141 Å². The van der Waals surface area contributed by atoms with Crippen molar-refractivity contribution in [3.8, 4) is 11.5 Å². The lowest BCUT2D eigenvalue weighted by molar-refractivity contribution is 0.0448. The standard InChI is InChI=1S/2C32H37ClN2O5S/c2*33-25-8-10-27-21(14-25)2-1-13-32(27)18-35-16-23-5-9-26(23)29(36)11-6-20-3-4-24(20)17-41(38,39)34-31(37)22-7-12-30(40-19-32)28(35)15-22/h2*6-8,10-12,14-15,20,23-24,26,29,36H,1-5,9,13,16-19H2,(H,34,37)/b2*11-6+/t20-,23+,24-,26-,29+,32+;20-,23-,24-,26+,29-,32-/m10/s1. The molecule has 4 heterocycles. The first kappa shape index (κ1) is 56.1. The number of carbonyl (C=O) groups is 2. The number of halogens is 2. The van der Waals surface area contributed by atoms with E-state index in [2.05, 4.69) is 43.5 Å². The fourth-order valence-corrected chi connectivity index (χ4v) is 18.9. The normalized spacial score (nSPS) is 34.8. The highest BCUT2D eigenvalue weighted by Crippen LogP contribution is 2.50. The van der Waals surface area contributed by atoms with Crippen molar-refractivity contribution in [3.63, 3.8) is 0 Å². The zero-order valence-corrected chi connectivity index (χ0v) is 49.3. The van der Waals surface area contributed by atoms with Gasteiger partial charge < -0.3 is 29.5 Å². The fraction of sp³-hybridized carbons (Fsp3) is 0.531. The molecule has 6 aliphatic carbocycles. The van der Waals surface area contributed by atoms with Crippen LogP contribution >= 0.6 is 23.2 Å². The van der Waals surface area contributed by atoms with Crippen molar-refractivity contribution in [1.82, 2.24) is 9.44 Å². The highest BCUT2D eigenvalue weighted by atomic mass is 35.5. The first-order chi connectivity index (χ1) is 39.4. The summed E-state index contributed by atoms with van der Waals surface area (Å²) in [6.07, 6.45) is 20.1. The second kappa shape index (κ2) is 22.1. The van der Waals surface area contributed by atoms with Crippen molar-refractivity contribution in [2.24, 2.45) is 47.3 Å². The van der Waals surface area contributed by atoms with Crippen LogP contribution < -0.4 is 28.7 Å². The predicted octanol–water partition coefficient (Wildman–Crippen LogP) is 9.71. The van der Waals surface area contributed by atoms with Crippen LogP contribution in [0.3, 0.4) is 0 Å². The number of hydrogen-bond acceptors (Lipinski definition) is 12. The average molecular weight is 1190 g/mol. The highest BCUT2D eigenvalue weighted by Gasteiger charge is 2.47. The number of aryl methyl sites for hydroxylation is 2. The number of hydrogen-bond donors (Lipinski definition) is 4. The number of fused-ring (bicyclic) bond motifs is 10. The highest BCUT2D eigenvalue weighted by molar-refractivity contribution is 7.90. The van der Waals surface area contributed by atoms with Crippen molar-refractivity contribution in [2.75, 3.05) is 60.7 Å². The van der Waals surface area contributed by atoms with Gasteiger partial charge in [0.25, 0.3) is 11.8 Å². The first-order valence-electron chi connectivity index (χ1n) is 29.8. The number of nitrogens with one attached hydrogen (secondary N) is 2. The Balaban J connectivity index is 0.000000154. The van der Waals surface area contributed by atoms with Gasteiger partial charge in [-0.25, -0.2) is 26.3 Å². The summed E-state index contributed by atoms with van der Waals surface area (Å²) in [4.78, 5) is 31.2. The van der Waals surface area contributed by atoms with E-state index in [4.69, 9.17) is 32.7 Å². The molecule has 4 bridgehead atoms. The largest absolute Gasteiger partial charge is 0.490 e. The van der Waals surface area contributed by atoms with E-state index >= 15 is 0 Å². The summed E-state index contributed by atoms with van der Waals surface area (Å²) in [5.41, 5.74) is 6.75. The number of aliphatic hydroxyl groups is 2. The summed E-state index contributed by atoms with van der Waals surface area (Å²) in [5.74, 6) is 0.986. The summed E-state index contributed by atoms with van der Waals surface area (Å²) < 4.78 is 69.6. The number of allylic oxidation sites excluding steroid dienone is 2. The molecule has 14 rings (SSSR count). The molecule has 4 N–H and O–H groups in total. The number of sulfonamides is 2. The summed E-state index contributed by atoms with van der Waals surface area (Å²) in [6, 6.07) is 22.8. The lowest BCUT2D eigenvalue weighted by Gasteiger charge is -2.45. The molecule has 4 aliphatic heterocycles. The molecule has 4 aromatic rings. The second-order valence-electron chi connectivity index (χ2n) is 25.8. The van der Waals surface area contributed by atoms with Crippen LogP contribution in [0.2, 0.25) is 10.0 Å². The molecule has 2 amide bonds. The van der Waals surface area contributed by atoms with Gasteiger partial charge in [0.1, 0.15) is 11.5 Å². The number of carbonyl (C=O) groups excluding carboxylic acids is 2. The topological polar surface area (TPSA) is 192 Å². The van der Waals surface area contributed by atoms with E-state index in [0.717, 1.165) is 124 Å². The van der Waals surface area contributed by atoms with Gasteiger partial charge in [-0.05, 0) is 220 Å². The van der Waals surface area contributed by atoms with E-state index in [-0.39, 0.29) is 57.8 Å².